The summed E-state index contributed by atoms with van der Waals surface area (Å²) in [5.74, 6) is 0.411. The summed E-state index contributed by atoms with van der Waals surface area (Å²) in [6, 6.07) is 10.2. The molecule has 3 rings (SSSR count). The van der Waals surface area contributed by atoms with Crippen LogP contribution < -0.4 is 10.6 Å². The lowest BCUT2D eigenvalue weighted by Crippen LogP contribution is -2.46. The summed E-state index contributed by atoms with van der Waals surface area (Å²) in [4.78, 5) is 25.7. The molecule has 1 unspecified atom stereocenters. The van der Waals surface area contributed by atoms with Crippen LogP contribution in [0.3, 0.4) is 0 Å². The molecule has 2 aromatic rings. The normalized spacial score (nSPS) is 16.8. The molecule has 26 heavy (non-hydrogen) atoms. The van der Waals surface area contributed by atoms with E-state index in [4.69, 9.17) is 9.15 Å². The molecule has 2 amide bonds. The highest BCUT2D eigenvalue weighted by molar-refractivity contribution is 9.10. The number of ether oxygens (including phenoxy) is 1. The van der Waals surface area contributed by atoms with Crippen LogP contribution in [-0.4, -0.2) is 24.4 Å². The summed E-state index contributed by atoms with van der Waals surface area (Å²) in [7, 11) is 0. The lowest BCUT2D eigenvalue weighted by molar-refractivity contribution is -0.139. The van der Waals surface area contributed by atoms with Gasteiger partial charge in [0.25, 0.3) is 0 Å². The van der Waals surface area contributed by atoms with E-state index in [0.29, 0.717) is 22.8 Å². The van der Waals surface area contributed by atoms with E-state index in [1.165, 1.54) is 18.0 Å². The molecule has 6 nitrogen and oxygen atoms in total. The van der Waals surface area contributed by atoms with Gasteiger partial charge in [-0.1, -0.05) is 22.0 Å². The van der Waals surface area contributed by atoms with Gasteiger partial charge in [0.2, 0.25) is 0 Å². The fraction of sp³-hybridized carbons (Fsp3) is 0.222. The summed E-state index contributed by atoms with van der Waals surface area (Å²) in [5, 5.41) is 5.46. The van der Waals surface area contributed by atoms with Crippen molar-refractivity contribution in [3.63, 3.8) is 0 Å². The number of amides is 2. The van der Waals surface area contributed by atoms with Crippen molar-refractivity contribution in [3.05, 3.63) is 64.2 Å². The molecular formula is C18H17BrN2O4S. The first kappa shape index (κ1) is 18.6. The maximum atomic E-state index is 12.6. The van der Waals surface area contributed by atoms with Crippen LogP contribution in [-0.2, 0) is 9.53 Å². The van der Waals surface area contributed by atoms with Crippen molar-refractivity contribution in [2.45, 2.75) is 17.9 Å². The number of carbonyl (C=O) groups is 2. The van der Waals surface area contributed by atoms with Crippen molar-refractivity contribution in [3.8, 4) is 0 Å². The zero-order chi connectivity index (χ0) is 18.5. The van der Waals surface area contributed by atoms with Gasteiger partial charge in [0, 0.05) is 20.8 Å². The van der Waals surface area contributed by atoms with Gasteiger partial charge < -0.3 is 19.8 Å². The molecule has 1 aromatic carbocycles. The molecule has 0 saturated heterocycles. The minimum Gasteiger partial charge on any atom is -0.467 e. The number of urea groups is 1. The second-order valence-electron chi connectivity index (χ2n) is 5.41. The molecule has 0 aliphatic carbocycles. The Morgan fingerprint density at radius 1 is 1.35 bits per heavy atom. The molecule has 136 valence electrons. The summed E-state index contributed by atoms with van der Waals surface area (Å²) in [6.45, 7) is 1.98. The quantitative estimate of drug-likeness (QED) is 0.528. The third-order valence-corrected chi connectivity index (χ3v) is 5.17. The molecule has 0 bridgehead atoms. The zero-order valence-electron chi connectivity index (χ0n) is 14.0. The average Bonchev–Trinajstić information content (AvgIpc) is 3.14. The van der Waals surface area contributed by atoms with Crippen molar-refractivity contribution in [1.82, 2.24) is 10.6 Å². The Morgan fingerprint density at radius 2 is 2.19 bits per heavy atom. The Labute approximate surface area is 163 Å². The Hall–Kier alpha value is -2.19. The summed E-state index contributed by atoms with van der Waals surface area (Å²) < 4.78 is 11.6. The monoisotopic (exact) mass is 436 g/mol. The minimum absolute atomic E-state index is 0.243. The first-order valence-electron chi connectivity index (χ1n) is 7.98. The van der Waals surface area contributed by atoms with Gasteiger partial charge in [-0.05, 0) is 37.3 Å². The molecule has 8 heteroatoms. The number of rotatable bonds is 6. The van der Waals surface area contributed by atoms with Crippen LogP contribution in [0, 0.1) is 0 Å². The van der Waals surface area contributed by atoms with E-state index in [2.05, 4.69) is 26.6 Å². The highest BCUT2D eigenvalue weighted by atomic mass is 79.9. The number of benzene rings is 1. The standard InChI is InChI=1S/C18H17BrN2O4S/c1-2-24-17(22)15-13(10-26-12-6-3-5-11(19)9-12)20-18(23)21-16(15)14-7-4-8-25-14/h3-9,16H,2,10H2,1H3,(H2,20,21,23). The Balaban J connectivity index is 1.93. The molecule has 0 fully saturated rings. The van der Waals surface area contributed by atoms with Gasteiger partial charge in [0.1, 0.15) is 11.8 Å². The Morgan fingerprint density at radius 3 is 2.88 bits per heavy atom. The fourth-order valence-corrected chi connectivity index (χ4v) is 4.04. The van der Waals surface area contributed by atoms with E-state index in [-0.39, 0.29) is 12.6 Å². The van der Waals surface area contributed by atoms with Crippen molar-refractivity contribution in [2.24, 2.45) is 0 Å². The highest BCUT2D eigenvalue weighted by Gasteiger charge is 2.35. The SMILES string of the molecule is CCOC(=O)C1=C(CSc2cccc(Br)c2)NC(=O)NC1c1ccco1. The Kier molecular flexibility index (Phi) is 6.05. The number of carbonyl (C=O) groups excluding carboxylic acids is 2. The number of nitrogens with one attached hydrogen (secondary N) is 2. The lowest BCUT2D eigenvalue weighted by Gasteiger charge is -2.27. The molecule has 0 radical (unpaired) electrons. The molecule has 0 spiro atoms. The van der Waals surface area contributed by atoms with Crippen LogP contribution in [0.2, 0.25) is 0 Å². The van der Waals surface area contributed by atoms with Crippen molar-refractivity contribution >= 4 is 39.7 Å². The molecule has 2 heterocycles. The smallest absolute Gasteiger partial charge is 0.338 e. The number of esters is 1. The van der Waals surface area contributed by atoms with E-state index >= 15 is 0 Å². The first-order valence-corrected chi connectivity index (χ1v) is 9.75. The number of hydrogen-bond donors (Lipinski definition) is 2. The lowest BCUT2D eigenvalue weighted by atomic mass is 10.0. The van der Waals surface area contributed by atoms with Crippen LogP contribution in [0.15, 0.2) is 67.7 Å². The van der Waals surface area contributed by atoms with Gasteiger partial charge in [-0.25, -0.2) is 9.59 Å². The van der Waals surface area contributed by atoms with Gasteiger partial charge in [-0.15, -0.1) is 11.8 Å². The fourth-order valence-electron chi connectivity index (χ4n) is 2.56. The van der Waals surface area contributed by atoms with Crippen LogP contribution in [0.4, 0.5) is 4.79 Å². The molecule has 1 aliphatic rings. The highest BCUT2D eigenvalue weighted by Crippen LogP contribution is 2.31. The number of furan rings is 1. The molecule has 1 aliphatic heterocycles. The number of thioether (sulfide) groups is 1. The predicted octanol–water partition coefficient (Wildman–Crippen LogP) is 4.01. The van der Waals surface area contributed by atoms with Gasteiger partial charge in [-0.2, -0.15) is 0 Å². The van der Waals surface area contributed by atoms with E-state index in [1.807, 2.05) is 24.3 Å². The van der Waals surface area contributed by atoms with Gasteiger partial charge in [-0.3, -0.25) is 0 Å². The van der Waals surface area contributed by atoms with Crippen molar-refractivity contribution in [2.75, 3.05) is 12.4 Å². The second kappa shape index (κ2) is 8.46. The predicted molar refractivity (Wildman–Crippen MR) is 102 cm³/mol. The molecule has 1 aromatic heterocycles. The van der Waals surface area contributed by atoms with Crippen LogP contribution in [0.5, 0.6) is 0 Å². The maximum Gasteiger partial charge on any atom is 0.338 e. The minimum atomic E-state index is -0.684. The van der Waals surface area contributed by atoms with E-state index < -0.39 is 12.0 Å². The summed E-state index contributed by atoms with van der Waals surface area (Å²) in [5.41, 5.74) is 0.863. The van der Waals surface area contributed by atoms with Crippen LogP contribution >= 0.6 is 27.7 Å². The third kappa shape index (κ3) is 4.31. The molecule has 1 atom stereocenters. The molecular weight excluding hydrogens is 420 g/mol. The molecule has 2 N–H and O–H groups in total. The van der Waals surface area contributed by atoms with Gasteiger partial charge >= 0.3 is 12.0 Å². The number of hydrogen-bond acceptors (Lipinski definition) is 5. The second-order valence-corrected chi connectivity index (χ2v) is 7.37. The van der Waals surface area contributed by atoms with Gasteiger partial charge in [0.05, 0.1) is 18.4 Å². The number of halogens is 1. The van der Waals surface area contributed by atoms with E-state index in [9.17, 15) is 9.59 Å². The summed E-state index contributed by atoms with van der Waals surface area (Å²) in [6.07, 6.45) is 1.50. The van der Waals surface area contributed by atoms with Gasteiger partial charge in [0.15, 0.2) is 0 Å². The topological polar surface area (TPSA) is 80.6 Å². The van der Waals surface area contributed by atoms with Crippen LogP contribution in [0.1, 0.15) is 18.7 Å². The van der Waals surface area contributed by atoms with Crippen molar-refractivity contribution in [1.29, 1.82) is 0 Å². The molecule has 0 saturated carbocycles. The average molecular weight is 437 g/mol. The van der Waals surface area contributed by atoms with Crippen LogP contribution in [0.25, 0.3) is 0 Å². The Bertz CT molecular complexity index is 835. The van der Waals surface area contributed by atoms with E-state index in [0.717, 1.165) is 9.37 Å². The third-order valence-electron chi connectivity index (χ3n) is 3.66. The zero-order valence-corrected chi connectivity index (χ0v) is 16.4. The van der Waals surface area contributed by atoms with Crippen molar-refractivity contribution < 1.29 is 18.7 Å². The summed E-state index contributed by atoms with van der Waals surface area (Å²) >= 11 is 4.95. The first-order chi connectivity index (χ1) is 12.6. The maximum absolute atomic E-state index is 12.6. The largest absolute Gasteiger partial charge is 0.467 e. The van der Waals surface area contributed by atoms with E-state index in [1.54, 1.807) is 19.1 Å².